The number of rotatable bonds is 6. The number of esters is 4. The summed E-state index contributed by atoms with van der Waals surface area (Å²) in [5.41, 5.74) is 0.772. The topological polar surface area (TPSA) is 119 Å². The normalized spacial score (nSPS) is 25.1. The summed E-state index contributed by atoms with van der Waals surface area (Å²) >= 11 is 0. The van der Waals surface area contributed by atoms with E-state index in [1.807, 2.05) is 30.3 Å². The molecule has 0 saturated carbocycles. The van der Waals surface area contributed by atoms with Gasteiger partial charge in [-0.25, -0.2) is 0 Å². The van der Waals surface area contributed by atoms with Crippen LogP contribution in [0.4, 0.5) is 0 Å². The van der Waals surface area contributed by atoms with Gasteiger partial charge in [0.1, 0.15) is 12.7 Å². The molecule has 5 atom stereocenters. The van der Waals surface area contributed by atoms with Crippen molar-refractivity contribution in [1.82, 2.24) is 4.57 Å². The molecule has 0 N–H and O–H groups in total. The number of benzene rings is 1. The van der Waals surface area contributed by atoms with Gasteiger partial charge in [-0.05, 0) is 17.5 Å². The van der Waals surface area contributed by atoms with E-state index in [9.17, 15) is 19.2 Å². The van der Waals surface area contributed by atoms with Crippen molar-refractivity contribution in [2.24, 2.45) is 0 Å². The van der Waals surface area contributed by atoms with Crippen LogP contribution >= 0.6 is 0 Å². The quantitative estimate of drug-likeness (QED) is 0.483. The first-order chi connectivity index (χ1) is 15.2. The Labute approximate surface area is 184 Å². The van der Waals surface area contributed by atoms with Crippen LogP contribution in [0, 0.1) is 0 Å². The Kier molecular flexibility index (Phi) is 7.14. The maximum Gasteiger partial charge on any atom is 0.303 e. The maximum absolute atomic E-state index is 11.9. The lowest BCUT2D eigenvalue weighted by atomic mass is 9.97. The van der Waals surface area contributed by atoms with Gasteiger partial charge in [0.2, 0.25) is 0 Å². The molecule has 2 aromatic rings. The molecular weight excluding hydrogens is 422 g/mol. The van der Waals surface area contributed by atoms with Crippen LogP contribution in [0.15, 0.2) is 36.5 Å². The molecule has 10 heteroatoms. The van der Waals surface area contributed by atoms with Crippen molar-refractivity contribution < 1.29 is 42.9 Å². The molecule has 2 heterocycles. The zero-order valence-electron chi connectivity index (χ0n) is 18.2. The van der Waals surface area contributed by atoms with E-state index >= 15 is 0 Å². The first-order valence-corrected chi connectivity index (χ1v) is 10.0. The van der Waals surface area contributed by atoms with Gasteiger partial charge in [-0.1, -0.05) is 18.2 Å². The van der Waals surface area contributed by atoms with Gasteiger partial charge in [-0.3, -0.25) is 19.2 Å². The Bertz CT molecular complexity index is 1010. The van der Waals surface area contributed by atoms with E-state index in [2.05, 4.69) is 0 Å². The first kappa shape index (κ1) is 23.3. The molecule has 1 aliphatic rings. The molecule has 32 heavy (non-hydrogen) atoms. The fourth-order valence-corrected chi connectivity index (χ4v) is 3.76. The summed E-state index contributed by atoms with van der Waals surface area (Å²) in [6.45, 7) is 4.53. The van der Waals surface area contributed by atoms with Gasteiger partial charge in [-0.2, -0.15) is 0 Å². The lowest BCUT2D eigenvalue weighted by Crippen LogP contribution is -2.60. The fraction of sp³-hybridized carbons (Fsp3) is 0.455. The zero-order valence-corrected chi connectivity index (χ0v) is 18.2. The van der Waals surface area contributed by atoms with Crippen LogP contribution in [-0.4, -0.2) is 59.5 Å². The summed E-state index contributed by atoms with van der Waals surface area (Å²) in [4.78, 5) is 47.1. The van der Waals surface area contributed by atoms with Gasteiger partial charge in [0.25, 0.3) is 0 Å². The van der Waals surface area contributed by atoms with Gasteiger partial charge in [0.05, 0.1) is 5.52 Å². The molecule has 0 bridgehead atoms. The molecule has 0 unspecified atom stereocenters. The third-order valence-electron chi connectivity index (χ3n) is 4.87. The number of fused-ring (bicyclic) bond motifs is 1. The molecule has 0 radical (unpaired) electrons. The van der Waals surface area contributed by atoms with Crippen LogP contribution in [0.3, 0.4) is 0 Å². The van der Waals surface area contributed by atoms with E-state index in [1.165, 1.54) is 27.7 Å². The number of hydrogen-bond donors (Lipinski definition) is 0. The second-order valence-electron chi connectivity index (χ2n) is 7.37. The smallest absolute Gasteiger partial charge is 0.303 e. The molecule has 1 aromatic carbocycles. The van der Waals surface area contributed by atoms with E-state index in [0.717, 1.165) is 10.9 Å². The molecule has 0 spiro atoms. The SMILES string of the molecule is CC(=O)OC[C@@H]1O[C@@H](n2ccc3ccccc32)[C@@H](OC(C)=O)[C@@H](OC(C)=O)[C@H]1OC(C)=O. The van der Waals surface area contributed by atoms with E-state index in [0.29, 0.717) is 0 Å². The molecule has 1 saturated heterocycles. The average Bonchev–Trinajstić information content (AvgIpc) is 3.12. The summed E-state index contributed by atoms with van der Waals surface area (Å²) in [5, 5.41) is 0.903. The number of nitrogens with zero attached hydrogens (tertiary/aromatic N) is 1. The minimum absolute atomic E-state index is 0.270. The summed E-state index contributed by atoms with van der Waals surface area (Å²) in [6, 6.07) is 9.31. The van der Waals surface area contributed by atoms with Crippen LogP contribution < -0.4 is 0 Å². The lowest BCUT2D eigenvalue weighted by Gasteiger charge is -2.44. The number of para-hydroxylation sites is 1. The molecule has 1 aromatic heterocycles. The van der Waals surface area contributed by atoms with E-state index in [1.54, 1.807) is 10.8 Å². The van der Waals surface area contributed by atoms with E-state index in [-0.39, 0.29) is 6.61 Å². The Morgan fingerprint density at radius 2 is 1.41 bits per heavy atom. The van der Waals surface area contributed by atoms with Crippen LogP contribution in [-0.2, 0) is 42.9 Å². The monoisotopic (exact) mass is 447 g/mol. The number of ether oxygens (including phenoxy) is 5. The summed E-state index contributed by atoms with van der Waals surface area (Å²) in [5.74, 6) is -2.55. The van der Waals surface area contributed by atoms with Crippen molar-refractivity contribution in [3.63, 3.8) is 0 Å². The van der Waals surface area contributed by atoms with Crippen molar-refractivity contribution in [3.8, 4) is 0 Å². The highest BCUT2D eigenvalue weighted by atomic mass is 16.7. The van der Waals surface area contributed by atoms with Crippen LogP contribution in [0.25, 0.3) is 10.9 Å². The van der Waals surface area contributed by atoms with E-state index < -0.39 is 54.5 Å². The highest BCUT2D eigenvalue weighted by Gasteiger charge is 2.52. The summed E-state index contributed by atoms with van der Waals surface area (Å²) in [6.07, 6.45) is -3.75. The van der Waals surface area contributed by atoms with E-state index in [4.69, 9.17) is 23.7 Å². The average molecular weight is 447 g/mol. The minimum Gasteiger partial charge on any atom is -0.463 e. The van der Waals surface area contributed by atoms with Gasteiger partial charge in [0.15, 0.2) is 24.5 Å². The highest BCUT2D eigenvalue weighted by Crippen LogP contribution is 2.36. The molecule has 1 aliphatic heterocycles. The minimum atomic E-state index is -1.21. The van der Waals surface area contributed by atoms with Crippen molar-refractivity contribution in [2.75, 3.05) is 6.61 Å². The molecular formula is C22H25NO9. The Balaban J connectivity index is 2.10. The Morgan fingerprint density at radius 3 is 2.03 bits per heavy atom. The highest BCUT2D eigenvalue weighted by molar-refractivity contribution is 5.80. The lowest BCUT2D eigenvalue weighted by molar-refractivity contribution is -0.267. The second-order valence-corrected chi connectivity index (χ2v) is 7.37. The Morgan fingerprint density at radius 1 is 0.812 bits per heavy atom. The largest absolute Gasteiger partial charge is 0.463 e. The van der Waals surface area contributed by atoms with Crippen molar-refractivity contribution in [2.45, 2.75) is 58.3 Å². The third-order valence-corrected chi connectivity index (χ3v) is 4.87. The first-order valence-electron chi connectivity index (χ1n) is 10.0. The van der Waals surface area contributed by atoms with Crippen molar-refractivity contribution in [3.05, 3.63) is 36.5 Å². The van der Waals surface area contributed by atoms with Gasteiger partial charge in [0, 0.05) is 33.9 Å². The molecule has 10 nitrogen and oxygen atoms in total. The van der Waals surface area contributed by atoms with Crippen LogP contribution in [0.1, 0.15) is 33.9 Å². The second kappa shape index (κ2) is 9.82. The number of carbonyl (C=O) groups is 4. The van der Waals surface area contributed by atoms with Gasteiger partial charge >= 0.3 is 23.9 Å². The molecule has 0 amide bonds. The van der Waals surface area contributed by atoms with Crippen molar-refractivity contribution in [1.29, 1.82) is 0 Å². The van der Waals surface area contributed by atoms with Gasteiger partial charge < -0.3 is 28.3 Å². The van der Waals surface area contributed by atoms with Gasteiger partial charge in [-0.15, -0.1) is 0 Å². The standard InChI is InChI=1S/C22H25NO9/c1-12(24)28-11-18-19(29-13(2)25)20(30-14(3)26)21(31-15(4)27)22(32-18)23-10-9-16-7-5-6-8-17(16)23/h5-10,18-22H,11H2,1-4H3/t18-,19-,20-,21-,22+/m0/s1. The predicted octanol–water partition coefficient (Wildman–Crippen LogP) is 1.90. The zero-order chi connectivity index (χ0) is 23.4. The fourth-order valence-electron chi connectivity index (χ4n) is 3.76. The summed E-state index contributed by atoms with van der Waals surface area (Å²) in [7, 11) is 0. The molecule has 0 aliphatic carbocycles. The van der Waals surface area contributed by atoms with Crippen molar-refractivity contribution >= 4 is 34.8 Å². The number of aromatic nitrogens is 1. The third kappa shape index (κ3) is 5.25. The molecule has 3 rings (SSSR count). The number of hydrogen-bond acceptors (Lipinski definition) is 9. The van der Waals surface area contributed by atoms with Crippen LogP contribution in [0.5, 0.6) is 0 Å². The molecule has 1 fully saturated rings. The molecule has 172 valence electrons. The Hall–Kier alpha value is -3.40. The maximum atomic E-state index is 11.9. The summed E-state index contributed by atoms with van der Waals surface area (Å²) < 4.78 is 29.4. The van der Waals surface area contributed by atoms with Crippen LogP contribution in [0.2, 0.25) is 0 Å². The predicted molar refractivity (Wildman–Crippen MR) is 109 cm³/mol. The number of carbonyl (C=O) groups excluding carboxylic acids is 4.